The highest BCUT2D eigenvalue weighted by Crippen LogP contribution is 2.25. The molecule has 1 saturated carbocycles. The van der Waals surface area contributed by atoms with Crippen molar-refractivity contribution in [3.8, 4) is 0 Å². The number of anilines is 1. The first-order valence-corrected chi connectivity index (χ1v) is 5.56. The van der Waals surface area contributed by atoms with Crippen LogP contribution in [0.15, 0.2) is 6.20 Å². The standard InChI is InChI=1S/C10H13ClFN3O/c1-16-8-4-2-3-7(8)14-9-6(12)5-13-10(11)15-9/h5,7-8H,2-4H2,1H3,(H,13,14,15). The van der Waals surface area contributed by atoms with Crippen LogP contribution in [0.4, 0.5) is 10.2 Å². The molecule has 6 heteroatoms. The van der Waals surface area contributed by atoms with Crippen LogP contribution < -0.4 is 5.32 Å². The van der Waals surface area contributed by atoms with E-state index in [1.54, 1.807) is 7.11 Å². The predicted octanol–water partition coefficient (Wildman–Crippen LogP) is 2.25. The molecular weight excluding hydrogens is 233 g/mol. The van der Waals surface area contributed by atoms with E-state index in [1.807, 2.05) is 0 Å². The van der Waals surface area contributed by atoms with E-state index in [-0.39, 0.29) is 23.2 Å². The zero-order chi connectivity index (χ0) is 11.5. The van der Waals surface area contributed by atoms with Gasteiger partial charge in [0.25, 0.3) is 0 Å². The second-order valence-electron chi connectivity index (χ2n) is 3.79. The molecule has 2 unspecified atom stereocenters. The summed E-state index contributed by atoms with van der Waals surface area (Å²) in [6, 6.07) is 0.0884. The third kappa shape index (κ3) is 2.41. The summed E-state index contributed by atoms with van der Waals surface area (Å²) in [5, 5.41) is 3.05. The summed E-state index contributed by atoms with van der Waals surface area (Å²) in [5.74, 6) is -0.347. The molecule has 16 heavy (non-hydrogen) atoms. The number of ether oxygens (including phenoxy) is 1. The topological polar surface area (TPSA) is 47.0 Å². The van der Waals surface area contributed by atoms with Crippen molar-refractivity contribution >= 4 is 17.4 Å². The van der Waals surface area contributed by atoms with E-state index in [0.29, 0.717) is 0 Å². The molecule has 1 N–H and O–H groups in total. The summed E-state index contributed by atoms with van der Waals surface area (Å²) in [5.41, 5.74) is 0. The van der Waals surface area contributed by atoms with E-state index >= 15 is 0 Å². The first-order chi connectivity index (χ1) is 7.70. The Balaban J connectivity index is 2.11. The van der Waals surface area contributed by atoms with Crippen molar-refractivity contribution in [2.24, 2.45) is 0 Å². The second-order valence-corrected chi connectivity index (χ2v) is 4.13. The van der Waals surface area contributed by atoms with Gasteiger partial charge in [0.2, 0.25) is 5.28 Å². The molecule has 0 bridgehead atoms. The molecule has 0 aromatic carbocycles. The summed E-state index contributed by atoms with van der Waals surface area (Å²) in [6.07, 6.45) is 4.16. The predicted molar refractivity (Wildman–Crippen MR) is 59.1 cm³/mol. The number of aromatic nitrogens is 2. The van der Waals surface area contributed by atoms with Crippen molar-refractivity contribution in [3.05, 3.63) is 17.3 Å². The van der Waals surface area contributed by atoms with Gasteiger partial charge in [0.05, 0.1) is 18.3 Å². The zero-order valence-electron chi connectivity index (χ0n) is 8.91. The van der Waals surface area contributed by atoms with E-state index < -0.39 is 5.82 Å². The highest BCUT2D eigenvalue weighted by Gasteiger charge is 2.28. The zero-order valence-corrected chi connectivity index (χ0v) is 9.67. The number of nitrogens with zero attached hydrogens (tertiary/aromatic N) is 2. The first kappa shape index (κ1) is 11.5. The highest BCUT2D eigenvalue weighted by atomic mass is 35.5. The van der Waals surface area contributed by atoms with Gasteiger partial charge in [-0.1, -0.05) is 0 Å². The summed E-state index contributed by atoms with van der Waals surface area (Å²) >= 11 is 5.61. The van der Waals surface area contributed by atoms with Gasteiger partial charge in [-0.3, -0.25) is 0 Å². The van der Waals surface area contributed by atoms with Crippen LogP contribution in [0.5, 0.6) is 0 Å². The largest absolute Gasteiger partial charge is 0.379 e. The van der Waals surface area contributed by atoms with Gasteiger partial charge < -0.3 is 10.1 Å². The van der Waals surface area contributed by atoms with Crippen LogP contribution in [-0.4, -0.2) is 29.2 Å². The molecule has 0 saturated heterocycles. The average Bonchev–Trinajstić information content (AvgIpc) is 2.71. The Morgan fingerprint density at radius 1 is 1.56 bits per heavy atom. The summed E-state index contributed by atoms with van der Waals surface area (Å²) < 4.78 is 18.7. The monoisotopic (exact) mass is 245 g/mol. The molecule has 88 valence electrons. The Bertz CT molecular complexity index is 377. The maximum absolute atomic E-state index is 13.4. The van der Waals surface area contributed by atoms with Crippen molar-refractivity contribution in [2.45, 2.75) is 31.4 Å². The molecule has 1 heterocycles. The molecular formula is C10H13ClFN3O. The Hall–Kier alpha value is -0.940. The minimum atomic E-state index is -0.494. The van der Waals surface area contributed by atoms with Gasteiger partial charge in [-0.2, -0.15) is 4.98 Å². The maximum atomic E-state index is 13.4. The Morgan fingerprint density at radius 3 is 3.12 bits per heavy atom. The third-order valence-electron chi connectivity index (χ3n) is 2.79. The van der Waals surface area contributed by atoms with Gasteiger partial charge in [0.1, 0.15) is 0 Å². The van der Waals surface area contributed by atoms with Crippen molar-refractivity contribution in [3.63, 3.8) is 0 Å². The number of halogens is 2. The number of rotatable bonds is 3. The van der Waals surface area contributed by atoms with Gasteiger partial charge in [-0.25, -0.2) is 9.37 Å². The van der Waals surface area contributed by atoms with Crippen LogP contribution in [0, 0.1) is 5.82 Å². The number of nitrogens with one attached hydrogen (secondary N) is 1. The summed E-state index contributed by atoms with van der Waals surface area (Å²) in [4.78, 5) is 7.38. The number of hydrogen-bond donors (Lipinski definition) is 1. The number of methoxy groups -OCH3 is 1. The summed E-state index contributed by atoms with van der Waals surface area (Å²) in [7, 11) is 1.66. The molecule has 2 rings (SSSR count). The van der Waals surface area contributed by atoms with E-state index in [9.17, 15) is 4.39 Å². The molecule has 1 aromatic rings. The van der Waals surface area contributed by atoms with Crippen LogP contribution in [0.2, 0.25) is 5.28 Å². The van der Waals surface area contributed by atoms with Crippen molar-refractivity contribution in [1.82, 2.24) is 9.97 Å². The van der Waals surface area contributed by atoms with Crippen LogP contribution in [-0.2, 0) is 4.74 Å². The SMILES string of the molecule is COC1CCCC1Nc1nc(Cl)ncc1F. The van der Waals surface area contributed by atoms with Crippen LogP contribution in [0.1, 0.15) is 19.3 Å². The normalized spacial score (nSPS) is 24.7. The minimum Gasteiger partial charge on any atom is -0.379 e. The lowest BCUT2D eigenvalue weighted by atomic mass is 10.2. The van der Waals surface area contributed by atoms with Crippen molar-refractivity contribution < 1.29 is 9.13 Å². The molecule has 2 atom stereocenters. The molecule has 0 radical (unpaired) electrons. The molecule has 4 nitrogen and oxygen atoms in total. The van der Waals surface area contributed by atoms with E-state index in [0.717, 1.165) is 25.5 Å². The Morgan fingerprint density at radius 2 is 2.38 bits per heavy atom. The molecule has 0 spiro atoms. The molecule has 0 aliphatic heterocycles. The van der Waals surface area contributed by atoms with Gasteiger partial charge in [0.15, 0.2) is 11.6 Å². The number of hydrogen-bond acceptors (Lipinski definition) is 4. The van der Waals surface area contributed by atoms with Gasteiger partial charge in [-0.15, -0.1) is 0 Å². The lowest BCUT2D eigenvalue weighted by Crippen LogP contribution is -2.30. The highest BCUT2D eigenvalue weighted by molar-refractivity contribution is 6.28. The average molecular weight is 246 g/mol. The molecule has 1 aromatic heterocycles. The lowest BCUT2D eigenvalue weighted by molar-refractivity contribution is 0.101. The Labute approximate surface area is 98.2 Å². The fourth-order valence-electron chi connectivity index (χ4n) is 2.00. The first-order valence-electron chi connectivity index (χ1n) is 5.18. The maximum Gasteiger partial charge on any atom is 0.224 e. The molecule has 1 aliphatic carbocycles. The quantitative estimate of drug-likeness (QED) is 0.830. The molecule has 0 amide bonds. The fraction of sp³-hybridized carbons (Fsp3) is 0.600. The van der Waals surface area contributed by atoms with Crippen LogP contribution >= 0.6 is 11.6 Å². The van der Waals surface area contributed by atoms with Crippen molar-refractivity contribution in [1.29, 1.82) is 0 Å². The van der Waals surface area contributed by atoms with E-state index in [1.165, 1.54) is 0 Å². The van der Waals surface area contributed by atoms with Gasteiger partial charge in [-0.05, 0) is 30.9 Å². The van der Waals surface area contributed by atoms with Gasteiger partial charge in [0, 0.05) is 7.11 Å². The minimum absolute atomic E-state index is 0.0378. The van der Waals surface area contributed by atoms with Crippen molar-refractivity contribution in [2.75, 3.05) is 12.4 Å². The molecule has 1 aliphatic rings. The molecule has 1 fully saturated rings. The summed E-state index contributed by atoms with van der Waals surface area (Å²) in [6.45, 7) is 0. The second kappa shape index (κ2) is 4.93. The lowest BCUT2D eigenvalue weighted by Gasteiger charge is -2.20. The van der Waals surface area contributed by atoms with Crippen LogP contribution in [0.25, 0.3) is 0 Å². The van der Waals surface area contributed by atoms with E-state index in [4.69, 9.17) is 16.3 Å². The third-order valence-corrected chi connectivity index (χ3v) is 2.97. The fourth-order valence-corrected chi connectivity index (χ4v) is 2.13. The van der Waals surface area contributed by atoms with Crippen LogP contribution in [0.3, 0.4) is 0 Å². The van der Waals surface area contributed by atoms with E-state index in [2.05, 4.69) is 15.3 Å². The Kier molecular flexibility index (Phi) is 3.56. The van der Waals surface area contributed by atoms with Gasteiger partial charge >= 0.3 is 0 Å². The smallest absolute Gasteiger partial charge is 0.224 e.